The second-order valence-electron chi connectivity index (χ2n) is 11.0. The second kappa shape index (κ2) is 15.8. The van der Waals surface area contributed by atoms with Crippen LogP contribution in [0.5, 0.6) is 17.2 Å². The number of methoxy groups -OCH3 is 4. The quantitative estimate of drug-likeness (QED) is 0.189. The van der Waals surface area contributed by atoms with Crippen LogP contribution in [0.3, 0.4) is 0 Å². The Balaban J connectivity index is 1.55. The van der Waals surface area contributed by atoms with Crippen LogP contribution in [0.1, 0.15) is 48.9 Å². The normalized spacial score (nSPS) is 14.0. The smallest absolute Gasteiger partial charge is 0.328 e. The van der Waals surface area contributed by atoms with Crippen LogP contribution in [0.15, 0.2) is 59.4 Å². The summed E-state index contributed by atoms with van der Waals surface area (Å²) in [6.07, 6.45) is 2.00. The van der Waals surface area contributed by atoms with Crippen LogP contribution in [0, 0.1) is 0 Å². The van der Waals surface area contributed by atoms with Crippen molar-refractivity contribution in [1.82, 2.24) is 10.6 Å². The summed E-state index contributed by atoms with van der Waals surface area (Å²) in [5, 5.41) is 8.92. The first-order valence-corrected chi connectivity index (χ1v) is 15.1. The molecule has 3 aromatic rings. The molecule has 0 heterocycles. The number of esters is 1. The van der Waals surface area contributed by atoms with E-state index >= 15 is 0 Å². The van der Waals surface area contributed by atoms with Gasteiger partial charge in [-0.05, 0) is 59.7 Å². The molecule has 0 aromatic heterocycles. The molecule has 2 unspecified atom stereocenters. The standard InChI is InChI=1S/C35H41N3O8/c1-21(39)37-26-15-13-23-19-30(43-2)33(44-3)34(45-4)32(23)24-14-16-27(29(40)20-25(24)26)36-17-9-12-31(41)38-28(35(42)46-5)18-22-10-7-6-8-11-22/h6-8,10-11,14,16,19-20,26,28H,9,12-13,15,17-18H2,1-5H3,(H,36,40)(H,37,39)(H,38,41). The average molecular weight is 632 g/mol. The fourth-order valence-corrected chi connectivity index (χ4v) is 5.78. The summed E-state index contributed by atoms with van der Waals surface area (Å²) >= 11 is 0. The minimum absolute atomic E-state index is 0.135. The molecule has 0 bridgehead atoms. The minimum atomic E-state index is -0.806. The lowest BCUT2D eigenvalue weighted by Gasteiger charge is -2.19. The zero-order valence-corrected chi connectivity index (χ0v) is 26.9. The molecule has 0 aliphatic heterocycles. The predicted molar refractivity (Wildman–Crippen MR) is 174 cm³/mol. The van der Waals surface area contributed by atoms with Crippen LogP contribution in [0.25, 0.3) is 11.1 Å². The van der Waals surface area contributed by atoms with E-state index in [1.807, 2.05) is 42.5 Å². The van der Waals surface area contributed by atoms with Crippen LogP contribution in [0.2, 0.25) is 0 Å². The number of hydrogen-bond donors (Lipinski definition) is 3. The predicted octanol–water partition coefficient (Wildman–Crippen LogP) is 3.96. The summed E-state index contributed by atoms with van der Waals surface area (Å²) in [6.45, 7) is 1.78. The summed E-state index contributed by atoms with van der Waals surface area (Å²) in [5.41, 5.74) is 4.05. The number of hydrogen-bond acceptors (Lipinski definition) is 9. The van der Waals surface area contributed by atoms with Crippen LogP contribution in [0.4, 0.5) is 5.69 Å². The van der Waals surface area contributed by atoms with Gasteiger partial charge in [0.2, 0.25) is 23.0 Å². The van der Waals surface area contributed by atoms with Crippen molar-refractivity contribution in [3.05, 3.63) is 81.5 Å². The van der Waals surface area contributed by atoms with E-state index in [-0.39, 0.29) is 23.7 Å². The van der Waals surface area contributed by atoms with Gasteiger partial charge in [0.1, 0.15) is 6.04 Å². The Kier molecular flexibility index (Phi) is 11.6. The highest BCUT2D eigenvalue weighted by atomic mass is 16.5. The van der Waals surface area contributed by atoms with Crippen molar-refractivity contribution in [1.29, 1.82) is 0 Å². The molecule has 0 spiro atoms. The molecule has 3 aromatic carbocycles. The number of carbonyl (C=O) groups is 3. The molecule has 11 heteroatoms. The molecule has 1 aliphatic carbocycles. The van der Waals surface area contributed by atoms with Gasteiger partial charge >= 0.3 is 5.97 Å². The van der Waals surface area contributed by atoms with Crippen LogP contribution >= 0.6 is 0 Å². The fraction of sp³-hybridized carbons (Fsp3) is 0.371. The molecule has 4 rings (SSSR count). The Bertz CT molecular complexity index is 1630. The molecule has 0 saturated heterocycles. The van der Waals surface area contributed by atoms with Crippen molar-refractivity contribution in [3.8, 4) is 28.4 Å². The molecular formula is C35H41N3O8. The van der Waals surface area contributed by atoms with Crippen LogP contribution in [-0.4, -0.2) is 58.8 Å². The second-order valence-corrected chi connectivity index (χ2v) is 11.0. The fourth-order valence-electron chi connectivity index (χ4n) is 5.78. The number of ether oxygens (including phenoxy) is 4. The average Bonchev–Trinajstić information content (AvgIpc) is 3.29. The lowest BCUT2D eigenvalue weighted by Crippen LogP contribution is -2.43. The van der Waals surface area contributed by atoms with Gasteiger partial charge in [0, 0.05) is 31.9 Å². The summed E-state index contributed by atoms with van der Waals surface area (Å²) in [6, 6.07) is 15.1. The van der Waals surface area contributed by atoms with E-state index < -0.39 is 18.1 Å². The topological polar surface area (TPSA) is 141 Å². The molecule has 11 nitrogen and oxygen atoms in total. The molecule has 46 heavy (non-hydrogen) atoms. The van der Waals surface area contributed by atoms with Crippen molar-refractivity contribution >= 4 is 23.5 Å². The Morgan fingerprint density at radius 3 is 2.33 bits per heavy atom. The molecule has 1 aliphatic rings. The third-order valence-electron chi connectivity index (χ3n) is 7.92. The SMILES string of the molecule is COC(=O)C(Cc1ccccc1)NC(=O)CCCNc1ccc2c(cc1=O)C(NC(C)=O)CCc1cc(OC)c(OC)c(OC)c1-2. The lowest BCUT2D eigenvalue weighted by atomic mass is 9.95. The maximum absolute atomic E-state index is 13.5. The van der Waals surface area contributed by atoms with Crippen LogP contribution < -0.4 is 35.6 Å². The van der Waals surface area contributed by atoms with Gasteiger partial charge in [-0.15, -0.1) is 0 Å². The van der Waals surface area contributed by atoms with Crippen molar-refractivity contribution in [2.24, 2.45) is 0 Å². The highest BCUT2D eigenvalue weighted by molar-refractivity contribution is 5.85. The van der Waals surface area contributed by atoms with E-state index in [0.717, 1.165) is 22.3 Å². The minimum Gasteiger partial charge on any atom is -0.493 e. The Hall–Kier alpha value is -5.06. The van der Waals surface area contributed by atoms with Gasteiger partial charge in [0.15, 0.2) is 11.5 Å². The van der Waals surface area contributed by atoms with E-state index in [4.69, 9.17) is 18.9 Å². The summed E-state index contributed by atoms with van der Waals surface area (Å²) in [5.74, 6) is 0.390. The number of aryl methyl sites for hydroxylation is 1. The van der Waals surface area contributed by atoms with E-state index in [0.29, 0.717) is 60.7 Å². The van der Waals surface area contributed by atoms with Gasteiger partial charge < -0.3 is 34.9 Å². The zero-order valence-electron chi connectivity index (χ0n) is 26.9. The Labute approximate surface area is 268 Å². The number of fused-ring (bicyclic) bond motifs is 3. The summed E-state index contributed by atoms with van der Waals surface area (Å²) < 4.78 is 21.9. The van der Waals surface area contributed by atoms with Crippen molar-refractivity contribution in [3.63, 3.8) is 0 Å². The van der Waals surface area contributed by atoms with Gasteiger partial charge in [-0.25, -0.2) is 4.79 Å². The summed E-state index contributed by atoms with van der Waals surface area (Å²) in [7, 11) is 5.93. The molecule has 244 valence electrons. The van der Waals surface area contributed by atoms with Crippen molar-refractivity contribution < 1.29 is 33.3 Å². The molecule has 2 amide bonds. The van der Waals surface area contributed by atoms with E-state index in [1.54, 1.807) is 26.4 Å². The van der Waals surface area contributed by atoms with Gasteiger partial charge in [0.25, 0.3) is 0 Å². The van der Waals surface area contributed by atoms with Gasteiger partial charge in [0.05, 0.1) is 40.2 Å². The number of carbonyl (C=O) groups excluding carboxylic acids is 3. The highest BCUT2D eigenvalue weighted by Crippen LogP contribution is 2.50. The molecule has 3 N–H and O–H groups in total. The Morgan fingerprint density at radius 2 is 1.67 bits per heavy atom. The molecule has 0 fully saturated rings. The molecule has 2 atom stereocenters. The zero-order chi connectivity index (χ0) is 33.2. The van der Waals surface area contributed by atoms with E-state index in [1.165, 1.54) is 21.1 Å². The number of anilines is 1. The monoisotopic (exact) mass is 631 g/mol. The first kappa shape index (κ1) is 33.8. The van der Waals surface area contributed by atoms with Crippen LogP contribution in [-0.2, 0) is 32.0 Å². The molecule has 0 saturated carbocycles. The van der Waals surface area contributed by atoms with Crippen molar-refractivity contribution in [2.75, 3.05) is 40.3 Å². The van der Waals surface area contributed by atoms with Gasteiger partial charge in [-0.3, -0.25) is 14.4 Å². The summed E-state index contributed by atoms with van der Waals surface area (Å²) in [4.78, 5) is 50.7. The number of rotatable bonds is 13. The first-order valence-electron chi connectivity index (χ1n) is 15.1. The maximum Gasteiger partial charge on any atom is 0.328 e. The maximum atomic E-state index is 13.5. The first-order chi connectivity index (χ1) is 22.2. The largest absolute Gasteiger partial charge is 0.493 e. The highest BCUT2D eigenvalue weighted by Gasteiger charge is 2.29. The van der Waals surface area contributed by atoms with Crippen molar-refractivity contribution in [2.45, 2.75) is 51.1 Å². The third kappa shape index (κ3) is 7.96. The lowest BCUT2D eigenvalue weighted by molar-refractivity contribution is -0.145. The van der Waals surface area contributed by atoms with Gasteiger partial charge in [-0.1, -0.05) is 36.4 Å². The van der Waals surface area contributed by atoms with E-state index in [2.05, 4.69) is 16.0 Å². The van der Waals surface area contributed by atoms with E-state index in [9.17, 15) is 19.2 Å². The number of amides is 2. The third-order valence-corrected chi connectivity index (χ3v) is 7.92. The number of benzene rings is 2. The number of nitrogens with one attached hydrogen (secondary N) is 3. The Morgan fingerprint density at radius 1 is 0.935 bits per heavy atom. The molecule has 0 radical (unpaired) electrons. The van der Waals surface area contributed by atoms with Gasteiger partial charge in [-0.2, -0.15) is 0 Å². The molecular weight excluding hydrogens is 590 g/mol.